The molecule has 12 heavy (non-hydrogen) atoms. The van der Waals surface area contributed by atoms with Crippen LogP contribution in [0.3, 0.4) is 0 Å². The molecule has 0 spiro atoms. The van der Waals surface area contributed by atoms with Gasteiger partial charge in [0.05, 0.1) is 0 Å². The van der Waals surface area contributed by atoms with Crippen LogP contribution in [0.15, 0.2) is 23.1 Å². The maximum Gasteiger partial charge on any atom is 0.151 e. The molecule has 1 rings (SSSR count). The van der Waals surface area contributed by atoms with Crippen LogP contribution in [0, 0.1) is 0 Å². The second-order valence-electron chi connectivity index (χ2n) is 3.09. The molecule has 1 aromatic carbocycles. The lowest BCUT2D eigenvalue weighted by atomic mass is 10.0. The van der Waals surface area contributed by atoms with E-state index in [1.54, 1.807) is 0 Å². The lowest BCUT2D eigenvalue weighted by molar-refractivity contribution is 0.112. The summed E-state index contributed by atoms with van der Waals surface area (Å²) in [5, 5.41) is 0. The summed E-state index contributed by atoms with van der Waals surface area (Å²) in [6.07, 6.45) is 0.826. The van der Waals surface area contributed by atoms with Crippen LogP contribution in [-0.4, -0.2) is 6.29 Å². The van der Waals surface area contributed by atoms with Crippen molar-refractivity contribution in [1.29, 1.82) is 0 Å². The zero-order valence-electron chi connectivity index (χ0n) is 7.24. The number of carbonyl (C=O) groups is 1. The van der Waals surface area contributed by atoms with Crippen molar-refractivity contribution in [1.82, 2.24) is 0 Å². The van der Waals surface area contributed by atoms with Gasteiger partial charge in [0.2, 0.25) is 0 Å². The highest BCUT2D eigenvalue weighted by Gasteiger charge is 2.02. The molecule has 0 saturated heterocycles. The molecule has 2 heteroatoms. The van der Waals surface area contributed by atoms with E-state index in [0.717, 1.165) is 11.2 Å². The Hall–Kier alpha value is -0.760. The number of benzene rings is 1. The molecule has 0 unspecified atom stereocenters. The van der Waals surface area contributed by atoms with Gasteiger partial charge in [0.25, 0.3) is 0 Å². The molecule has 64 valence electrons. The van der Waals surface area contributed by atoms with Crippen LogP contribution in [0.2, 0.25) is 0 Å². The fourth-order valence-electron chi connectivity index (χ4n) is 1.02. The summed E-state index contributed by atoms with van der Waals surface area (Å²) in [6.45, 7) is 4.23. The zero-order chi connectivity index (χ0) is 9.14. The molecule has 0 N–H and O–H groups in total. The van der Waals surface area contributed by atoms with E-state index in [1.165, 1.54) is 5.56 Å². The topological polar surface area (TPSA) is 17.1 Å². The van der Waals surface area contributed by atoms with Crippen LogP contribution in [0.5, 0.6) is 0 Å². The first-order valence-corrected chi connectivity index (χ1v) is 4.38. The van der Waals surface area contributed by atoms with Crippen molar-refractivity contribution in [3.63, 3.8) is 0 Å². The molecule has 0 aliphatic rings. The third kappa shape index (κ3) is 1.89. The minimum Gasteiger partial charge on any atom is -0.298 e. The first kappa shape index (κ1) is 9.33. The Morgan fingerprint density at radius 1 is 1.42 bits per heavy atom. The van der Waals surface area contributed by atoms with E-state index in [9.17, 15) is 4.79 Å². The molecule has 0 atom stereocenters. The Balaban J connectivity index is 3.10. The van der Waals surface area contributed by atoms with Gasteiger partial charge in [-0.3, -0.25) is 4.79 Å². The van der Waals surface area contributed by atoms with Crippen molar-refractivity contribution in [2.75, 3.05) is 0 Å². The van der Waals surface area contributed by atoms with E-state index in [0.29, 0.717) is 11.5 Å². The standard InChI is InChI=1S/C10H12OS/c1-7(2)8-3-4-9(6-11)10(12)5-8/h3-7,12H,1-2H3. The molecule has 0 fully saturated rings. The van der Waals surface area contributed by atoms with Crippen molar-refractivity contribution in [3.05, 3.63) is 29.3 Å². The average molecular weight is 180 g/mol. The fourth-order valence-corrected chi connectivity index (χ4v) is 1.30. The SMILES string of the molecule is CC(C)c1ccc(C=O)c(S)c1. The van der Waals surface area contributed by atoms with Crippen molar-refractivity contribution >= 4 is 18.9 Å². The van der Waals surface area contributed by atoms with Crippen LogP contribution in [0.1, 0.15) is 35.7 Å². The Kier molecular flexibility index (Phi) is 2.93. The fraction of sp³-hybridized carbons (Fsp3) is 0.300. The highest BCUT2D eigenvalue weighted by atomic mass is 32.1. The first-order chi connectivity index (χ1) is 5.65. The quantitative estimate of drug-likeness (QED) is 0.547. The van der Waals surface area contributed by atoms with Crippen LogP contribution < -0.4 is 0 Å². The smallest absolute Gasteiger partial charge is 0.151 e. The number of carbonyl (C=O) groups excluding carboxylic acids is 1. The minimum atomic E-state index is 0.483. The molecule has 0 aliphatic carbocycles. The number of hydrogen-bond donors (Lipinski definition) is 1. The predicted octanol–water partition coefficient (Wildman–Crippen LogP) is 2.91. The number of hydrogen-bond acceptors (Lipinski definition) is 2. The predicted molar refractivity (Wildman–Crippen MR) is 53.2 cm³/mol. The van der Waals surface area contributed by atoms with Crippen LogP contribution in [-0.2, 0) is 0 Å². The third-order valence-corrected chi connectivity index (χ3v) is 2.24. The second kappa shape index (κ2) is 3.76. The third-order valence-electron chi connectivity index (χ3n) is 1.85. The van der Waals surface area contributed by atoms with E-state index in [4.69, 9.17) is 0 Å². The van der Waals surface area contributed by atoms with Crippen LogP contribution in [0.4, 0.5) is 0 Å². The number of thiol groups is 1. The van der Waals surface area contributed by atoms with Gasteiger partial charge in [0.15, 0.2) is 6.29 Å². The van der Waals surface area contributed by atoms with Gasteiger partial charge in [-0.05, 0) is 17.5 Å². The summed E-state index contributed by atoms with van der Waals surface area (Å²) >= 11 is 4.21. The molecule has 0 saturated carbocycles. The van der Waals surface area contributed by atoms with Crippen molar-refractivity contribution < 1.29 is 4.79 Å². The van der Waals surface area contributed by atoms with Crippen LogP contribution in [0.25, 0.3) is 0 Å². The van der Waals surface area contributed by atoms with E-state index in [2.05, 4.69) is 26.5 Å². The lowest BCUT2D eigenvalue weighted by Gasteiger charge is -2.06. The molecule has 1 aromatic rings. The molecular formula is C10H12OS. The monoisotopic (exact) mass is 180 g/mol. The van der Waals surface area contributed by atoms with Gasteiger partial charge in [0.1, 0.15) is 0 Å². The molecule has 0 heterocycles. The molecule has 0 amide bonds. The molecule has 1 nitrogen and oxygen atoms in total. The summed E-state index contributed by atoms with van der Waals surface area (Å²) in [5.74, 6) is 0.483. The molecule has 0 aliphatic heterocycles. The molecule has 0 aromatic heterocycles. The molecule has 0 bridgehead atoms. The van der Waals surface area contributed by atoms with E-state index < -0.39 is 0 Å². The number of aldehydes is 1. The maximum absolute atomic E-state index is 10.5. The van der Waals surface area contributed by atoms with Gasteiger partial charge in [-0.1, -0.05) is 26.0 Å². The van der Waals surface area contributed by atoms with Crippen LogP contribution >= 0.6 is 12.6 Å². The second-order valence-corrected chi connectivity index (χ2v) is 3.57. The largest absolute Gasteiger partial charge is 0.298 e. The summed E-state index contributed by atoms with van der Waals surface area (Å²) < 4.78 is 0. The number of rotatable bonds is 2. The Morgan fingerprint density at radius 2 is 2.08 bits per heavy atom. The molecular weight excluding hydrogens is 168 g/mol. The van der Waals surface area contributed by atoms with E-state index in [-0.39, 0.29) is 0 Å². The minimum absolute atomic E-state index is 0.483. The van der Waals surface area contributed by atoms with E-state index >= 15 is 0 Å². The van der Waals surface area contributed by atoms with Gasteiger partial charge >= 0.3 is 0 Å². The maximum atomic E-state index is 10.5. The summed E-state index contributed by atoms with van der Waals surface area (Å²) in [6, 6.07) is 5.72. The average Bonchev–Trinajstić information content (AvgIpc) is 2.04. The van der Waals surface area contributed by atoms with Crippen molar-refractivity contribution in [2.24, 2.45) is 0 Å². The van der Waals surface area contributed by atoms with Crippen molar-refractivity contribution in [2.45, 2.75) is 24.7 Å². The summed E-state index contributed by atoms with van der Waals surface area (Å²) in [5.41, 5.74) is 1.87. The highest BCUT2D eigenvalue weighted by Crippen LogP contribution is 2.20. The summed E-state index contributed by atoms with van der Waals surface area (Å²) in [4.78, 5) is 11.2. The molecule has 0 radical (unpaired) electrons. The zero-order valence-corrected chi connectivity index (χ0v) is 8.14. The van der Waals surface area contributed by atoms with Gasteiger partial charge < -0.3 is 0 Å². The van der Waals surface area contributed by atoms with Gasteiger partial charge in [-0.25, -0.2) is 0 Å². The highest BCUT2D eigenvalue weighted by molar-refractivity contribution is 7.80. The summed E-state index contributed by atoms with van der Waals surface area (Å²) in [7, 11) is 0. The van der Waals surface area contributed by atoms with Gasteiger partial charge in [-0.15, -0.1) is 12.6 Å². The van der Waals surface area contributed by atoms with Gasteiger partial charge in [0, 0.05) is 10.5 Å². The Labute approximate surface area is 78.2 Å². The normalized spacial score (nSPS) is 10.3. The Morgan fingerprint density at radius 3 is 2.50 bits per heavy atom. The van der Waals surface area contributed by atoms with Crippen molar-refractivity contribution in [3.8, 4) is 0 Å². The van der Waals surface area contributed by atoms with Gasteiger partial charge in [-0.2, -0.15) is 0 Å². The van der Waals surface area contributed by atoms with E-state index in [1.807, 2.05) is 18.2 Å². The Bertz CT molecular complexity index is 292. The lowest BCUT2D eigenvalue weighted by Crippen LogP contribution is -1.90. The first-order valence-electron chi connectivity index (χ1n) is 3.93.